The average molecular weight is 424 g/mol. The van der Waals surface area contributed by atoms with Crippen LogP contribution in [0.1, 0.15) is 10.4 Å². The number of carbonyl (C=O) groups excluding carboxylic acids is 1. The van der Waals surface area contributed by atoms with Crippen LogP contribution in [0.25, 0.3) is 54.6 Å². The molecule has 6 rings (SSSR count). The third kappa shape index (κ3) is 3.16. The van der Waals surface area contributed by atoms with Gasteiger partial charge in [-0.3, -0.25) is 4.79 Å². The Hall–Kier alpha value is -4.43. The normalized spacial score (nSPS) is 11.3. The van der Waals surface area contributed by atoms with Crippen molar-refractivity contribution in [3.05, 3.63) is 115 Å². The minimum Gasteiger partial charge on any atom is -0.508 e. The molecule has 0 fully saturated rings. The molecule has 0 aliphatic rings. The summed E-state index contributed by atoms with van der Waals surface area (Å²) in [5.74, 6) is 0.276. The van der Waals surface area contributed by atoms with Gasteiger partial charge in [-0.05, 0) is 72.8 Å². The fraction of sp³-hybridized carbons (Fsp3) is 0. The van der Waals surface area contributed by atoms with E-state index in [1.807, 2.05) is 30.3 Å². The van der Waals surface area contributed by atoms with Crippen molar-refractivity contribution in [1.29, 1.82) is 0 Å². The van der Waals surface area contributed by atoms with Gasteiger partial charge < -0.3 is 5.11 Å². The van der Waals surface area contributed by atoms with Crippen LogP contribution in [0, 0.1) is 0 Å². The van der Waals surface area contributed by atoms with Gasteiger partial charge in [-0.15, -0.1) is 0 Å². The molecule has 0 radical (unpaired) electrons. The predicted octanol–water partition coefficient (Wildman–Crippen LogP) is 8.00. The smallest absolute Gasteiger partial charge is 0.150 e. The highest BCUT2D eigenvalue weighted by molar-refractivity contribution is 6.11. The van der Waals surface area contributed by atoms with Crippen LogP contribution in [0.3, 0.4) is 0 Å². The van der Waals surface area contributed by atoms with E-state index < -0.39 is 0 Å². The van der Waals surface area contributed by atoms with Gasteiger partial charge in [0.1, 0.15) is 5.75 Å². The predicted molar refractivity (Wildman–Crippen MR) is 137 cm³/mol. The van der Waals surface area contributed by atoms with Crippen molar-refractivity contribution in [1.82, 2.24) is 0 Å². The van der Waals surface area contributed by atoms with Crippen molar-refractivity contribution in [2.45, 2.75) is 0 Å². The fourth-order valence-corrected chi connectivity index (χ4v) is 4.86. The summed E-state index contributed by atoms with van der Waals surface area (Å²) in [4.78, 5) is 11.6. The van der Waals surface area contributed by atoms with Crippen LogP contribution in [0.5, 0.6) is 5.75 Å². The van der Waals surface area contributed by atoms with E-state index in [1.165, 1.54) is 10.8 Å². The largest absolute Gasteiger partial charge is 0.508 e. The molecular formula is C31H20O2. The molecule has 0 aliphatic heterocycles. The van der Waals surface area contributed by atoms with Gasteiger partial charge in [-0.1, -0.05) is 91.0 Å². The summed E-state index contributed by atoms with van der Waals surface area (Å²) < 4.78 is 0. The Bertz CT molecular complexity index is 1700. The monoisotopic (exact) mass is 424 g/mol. The van der Waals surface area contributed by atoms with Gasteiger partial charge in [0, 0.05) is 5.56 Å². The number of aromatic hydroxyl groups is 1. The van der Waals surface area contributed by atoms with Gasteiger partial charge in [0.25, 0.3) is 0 Å². The summed E-state index contributed by atoms with van der Waals surface area (Å²) in [7, 11) is 0. The highest BCUT2D eigenvalue weighted by atomic mass is 16.3. The number of hydrogen-bond donors (Lipinski definition) is 1. The zero-order chi connectivity index (χ0) is 22.4. The van der Waals surface area contributed by atoms with E-state index in [0.29, 0.717) is 5.56 Å². The number of fused-ring (bicyclic) bond motifs is 3. The summed E-state index contributed by atoms with van der Waals surface area (Å²) in [6.07, 6.45) is 0.923. The number of phenolic OH excluding ortho intramolecular Hbond substituents is 1. The topological polar surface area (TPSA) is 37.3 Å². The zero-order valence-corrected chi connectivity index (χ0v) is 17.8. The Balaban J connectivity index is 1.60. The molecule has 0 heterocycles. The van der Waals surface area contributed by atoms with Gasteiger partial charge >= 0.3 is 0 Å². The number of rotatable bonds is 3. The lowest BCUT2D eigenvalue weighted by molar-refractivity contribution is 0.112. The minimum absolute atomic E-state index is 0.276. The lowest BCUT2D eigenvalue weighted by Crippen LogP contribution is -1.89. The molecule has 0 spiro atoms. The molecule has 1 N–H and O–H groups in total. The van der Waals surface area contributed by atoms with Crippen molar-refractivity contribution < 1.29 is 9.90 Å². The Kier molecular flexibility index (Phi) is 4.44. The first-order valence-corrected chi connectivity index (χ1v) is 11.0. The zero-order valence-electron chi connectivity index (χ0n) is 17.8. The van der Waals surface area contributed by atoms with Crippen molar-refractivity contribution in [3.63, 3.8) is 0 Å². The molecule has 0 amide bonds. The third-order valence-electron chi connectivity index (χ3n) is 6.43. The first kappa shape index (κ1) is 19.3. The molecule has 0 atom stereocenters. The van der Waals surface area contributed by atoms with E-state index in [0.717, 1.165) is 50.1 Å². The molecule has 0 bridgehead atoms. The van der Waals surface area contributed by atoms with Crippen molar-refractivity contribution in [3.8, 4) is 28.0 Å². The minimum atomic E-state index is 0.276. The molecule has 6 aromatic carbocycles. The van der Waals surface area contributed by atoms with E-state index in [1.54, 1.807) is 12.1 Å². The van der Waals surface area contributed by atoms with E-state index >= 15 is 0 Å². The van der Waals surface area contributed by atoms with Gasteiger partial charge in [-0.2, -0.15) is 0 Å². The van der Waals surface area contributed by atoms with Crippen LogP contribution < -0.4 is 0 Å². The quantitative estimate of drug-likeness (QED) is 0.292. The maximum absolute atomic E-state index is 11.6. The fourth-order valence-electron chi connectivity index (χ4n) is 4.86. The van der Waals surface area contributed by atoms with E-state index in [4.69, 9.17) is 0 Å². The SMILES string of the molecule is O=Cc1ccc(-c2cccc3c(-c4ccc5cc(O)ccc5c4)cccc23)c2ccccc12. The number of hydrogen-bond acceptors (Lipinski definition) is 2. The van der Waals surface area contributed by atoms with Crippen LogP contribution >= 0.6 is 0 Å². The van der Waals surface area contributed by atoms with Crippen molar-refractivity contribution in [2.24, 2.45) is 0 Å². The molecule has 156 valence electrons. The molecule has 2 nitrogen and oxygen atoms in total. The van der Waals surface area contributed by atoms with Gasteiger partial charge in [-0.25, -0.2) is 0 Å². The maximum Gasteiger partial charge on any atom is 0.150 e. The average Bonchev–Trinajstić information content (AvgIpc) is 2.87. The van der Waals surface area contributed by atoms with Crippen LogP contribution in [0.4, 0.5) is 0 Å². The Morgan fingerprint density at radius 1 is 0.515 bits per heavy atom. The highest BCUT2D eigenvalue weighted by Gasteiger charge is 2.12. The highest BCUT2D eigenvalue weighted by Crippen LogP contribution is 2.38. The molecule has 0 aliphatic carbocycles. The molecule has 6 aromatic rings. The Morgan fingerprint density at radius 3 is 1.94 bits per heavy atom. The second-order valence-electron chi connectivity index (χ2n) is 8.32. The lowest BCUT2D eigenvalue weighted by atomic mass is 9.89. The summed E-state index contributed by atoms with van der Waals surface area (Å²) in [5.41, 5.74) is 5.27. The first-order chi connectivity index (χ1) is 16.2. The van der Waals surface area contributed by atoms with E-state index in [9.17, 15) is 9.90 Å². The number of phenols is 1. The Labute approximate surface area is 191 Å². The van der Waals surface area contributed by atoms with Crippen LogP contribution in [-0.2, 0) is 0 Å². The van der Waals surface area contributed by atoms with Gasteiger partial charge in [0.15, 0.2) is 6.29 Å². The molecular weight excluding hydrogens is 404 g/mol. The molecule has 0 unspecified atom stereocenters. The first-order valence-electron chi connectivity index (χ1n) is 11.0. The number of carbonyl (C=O) groups is 1. The molecule has 33 heavy (non-hydrogen) atoms. The second kappa shape index (κ2) is 7.61. The number of benzene rings is 6. The van der Waals surface area contributed by atoms with Crippen LogP contribution in [-0.4, -0.2) is 11.4 Å². The third-order valence-corrected chi connectivity index (χ3v) is 6.43. The molecule has 2 heteroatoms. The molecule has 0 saturated carbocycles. The van der Waals surface area contributed by atoms with Crippen molar-refractivity contribution in [2.75, 3.05) is 0 Å². The summed E-state index contributed by atoms with van der Waals surface area (Å²) in [6.45, 7) is 0. The van der Waals surface area contributed by atoms with E-state index in [-0.39, 0.29) is 5.75 Å². The van der Waals surface area contributed by atoms with Gasteiger partial charge in [0.05, 0.1) is 0 Å². The van der Waals surface area contributed by atoms with E-state index in [2.05, 4.69) is 66.7 Å². The summed E-state index contributed by atoms with van der Waals surface area (Å²) >= 11 is 0. The van der Waals surface area contributed by atoms with Crippen LogP contribution in [0.15, 0.2) is 109 Å². The standard InChI is InChI=1S/C31H20O2/c32-19-23-14-16-31(27-6-2-1-5-26(23)27)30-10-4-8-28-25(7-3-9-29(28)30)22-12-11-21-18-24(33)15-13-20(21)17-22/h1-19,33H. The van der Waals surface area contributed by atoms with Gasteiger partial charge in [0.2, 0.25) is 0 Å². The Morgan fingerprint density at radius 2 is 1.12 bits per heavy atom. The molecule has 0 saturated heterocycles. The van der Waals surface area contributed by atoms with Crippen LogP contribution in [0.2, 0.25) is 0 Å². The summed E-state index contributed by atoms with van der Waals surface area (Å²) in [5, 5.41) is 16.3. The second-order valence-corrected chi connectivity index (χ2v) is 8.32. The number of aldehydes is 1. The maximum atomic E-state index is 11.6. The lowest BCUT2D eigenvalue weighted by Gasteiger charge is -2.14. The summed E-state index contributed by atoms with van der Waals surface area (Å²) in [6, 6.07) is 36.7. The van der Waals surface area contributed by atoms with Crippen molar-refractivity contribution >= 4 is 38.6 Å². The molecule has 0 aromatic heterocycles.